The summed E-state index contributed by atoms with van der Waals surface area (Å²) in [5.74, 6) is 0.919. The molecule has 0 atom stereocenters. The second kappa shape index (κ2) is 5.59. The molecule has 13 heavy (non-hydrogen) atoms. The average molecular weight is 183 g/mol. The molecule has 1 N–H and O–H groups in total. The molecular weight excluding hydrogens is 166 g/mol. The molecule has 1 aromatic rings. The van der Waals surface area contributed by atoms with Gasteiger partial charge in [-0.1, -0.05) is 0 Å². The van der Waals surface area contributed by atoms with Crippen LogP contribution in [0.2, 0.25) is 0 Å². The first-order valence-electron chi connectivity index (χ1n) is 4.71. The molecule has 74 valence electrons. The van der Waals surface area contributed by atoms with E-state index in [1.807, 2.05) is 13.1 Å². The van der Waals surface area contributed by atoms with Crippen LogP contribution >= 0.6 is 0 Å². The van der Waals surface area contributed by atoms with E-state index >= 15 is 0 Å². The van der Waals surface area contributed by atoms with Gasteiger partial charge < -0.3 is 14.6 Å². The first-order valence-corrected chi connectivity index (χ1v) is 4.71. The summed E-state index contributed by atoms with van der Waals surface area (Å²) in [7, 11) is 0. The third-order valence-electron chi connectivity index (χ3n) is 1.73. The van der Waals surface area contributed by atoms with Crippen LogP contribution in [-0.4, -0.2) is 29.3 Å². The zero-order valence-corrected chi connectivity index (χ0v) is 8.29. The van der Waals surface area contributed by atoms with Crippen LogP contribution in [0, 0.1) is 0 Å². The highest BCUT2D eigenvalue weighted by Gasteiger charge is 1.99. The van der Waals surface area contributed by atoms with Gasteiger partial charge in [0.05, 0.1) is 6.61 Å². The van der Waals surface area contributed by atoms with Crippen molar-refractivity contribution in [1.29, 1.82) is 0 Å². The van der Waals surface area contributed by atoms with E-state index < -0.39 is 0 Å². The van der Waals surface area contributed by atoms with E-state index in [2.05, 4.69) is 21.8 Å². The van der Waals surface area contributed by atoms with Gasteiger partial charge in [0.15, 0.2) is 0 Å². The summed E-state index contributed by atoms with van der Waals surface area (Å²) >= 11 is 0. The van der Waals surface area contributed by atoms with Crippen molar-refractivity contribution >= 4 is 5.95 Å². The number of ether oxygens (including phenoxy) is 1. The van der Waals surface area contributed by atoms with Crippen LogP contribution < -0.4 is 5.32 Å². The maximum atomic E-state index is 5.26. The van der Waals surface area contributed by atoms with Gasteiger partial charge in [-0.15, -0.1) is 0 Å². The number of nitrogens with one attached hydrogen (secondary N) is 1. The average Bonchev–Trinajstić information content (AvgIpc) is 2.54. The smallest absolute Gasteiger partial charge is 0.202 e. The standard InChI is InChI=1S/C9H17N3O/c1-3-10-9-11-5-6-12(9)7-8-13-4-2/h5-6H,3-4,7-8H2,1-2H3,(H,10,11). The Morgan fingerprint density at radius 3 is 3.08 bits per heavy atom. The molecule has 1 aromatic heterocycles. The number of hydrogen-bond donors (Lipinski definition) is 1. The van der Waals surface area contributed by atoms with E-state index in [1.54, 1.807) is 6.20 Å². The van der Waals surface area contributed by atoms with Gasteiger partial charge in [0.1, 0.15) is 0 Å². The van der Waals surface area contributed by atoms with Crippen LogP contribution in [0.5, 0.6) is 0 Å². The number of rotatable bonds is 6. The van der Waals surface area contributed by atoms with Crippen molar-refractivity contribution < 1.29 is 4.74 Å². The topological polar surface area (TPSA) is 39.1 Å². The van der Waals surface area contributed by atoms with Crippen molar-refractivity contribution in [3.05, 3.63) is 12.4 Å². The zero-order valence-electron chi connectivity index (χ0n) is 8.29. The van der Waals surface area contributed by atoms with Crippen molar-refractivity contribution in [2.45, 2.75) is 20.4 Å². The number of hydrogen-bond acceptors (Lipinski definition) is 3. The SMILES string of the molecule is CCNc1nccn1CCOCC. The molecular formula is C9H17N3O. The summed E-state index contributed by atoms with van der Waals surface area (Å²) < 4.78 is 7.32. The predicted octanol–water partition coefficient (Wildman–Crippen LogP) is 1.35. The Morgan fingerprint density at radius 1 is 1.54 bits per heavy atom. The fourth-order valence-electron chi connectivity index (χ4n) is 1.12. The van der Waals surface area contributed by atoms with E-state index in [4.69, 9.17) is 4.74 Å². The molecule has 0 bridgehead atoms. The Kier molecular flexibility index (Phi) is 4.32. The molecule has 0 amide bonds. The van der Waals surface area contributed by atoms with E-state index in [-0.39, 0.29) is 0 Å². The van der Waals surface area contributed by atoms with Crippen molar-refractivity contribution in [1.82, 2.24) is 9.55 Å². The van der Waals surface area contributed by atoms with E-state index in [1.165, 1.54) is 0 Å². The summed E-state index contributed by atoms with van der Waals surface area (Å²) in [6, 6.07) is 0. The molecule has 0 aliphatic heterocycles. The molecule has 0 saturated carbocycles. The summed E-state index contributed by atoms with van der Waals surface area (Å²) in [6.07, 6.45) is 3.75. The third kappa shape index (κ3) is 3.06. The van der Waals surface area contributed by atoms with Crippen LogP contribution in [0.25, 0.3) is 0 Å². The maximum Gasteiger partial charge on any atom is 0.202 e. The van der Waals surface area contributed by atoms with E-state index in [0.29, 0.717) is 0 Å². The van der Waals surface area contributed by atoms with Gasteiger partial charge in [-0.25, -0.2) is 4.98 Å². The first-order chi connectivity index (χ1) is 6.38. The van der Waals surface area contributed by atoms with Crippen LogP contribution in [0.1, 0.15) is 13.8 Å². The van der Waals surface area contributed by atoms with Crippen LogP contribution in [0.4, 0.5) is 5.95 Å². The summed E-state index contributed by atoms with van der Waals surface area (Å²) in [4.78, 5) is 4.18. The second-order valence-corrected chi connectivity index (χ2v) is 2.67. The lowest BCUT2D eigenvalue weighted by molar-refractivity contribution is 0.139. The van der Waals surface area contributed by atoms with Crippen LogP contribution in [0.3, 0.4) is 0 Å². The molecule has 4 heteroatoms. The Bertz CT molecular complexity index is 235. The van der Waals surface area contributed by atoms with Crippen molar-refractivity contribution in [3.8, 4) is 0 Å². The number of anilines is 1. The molecule has 0 aliphatic carbocycles. The highest BCUT2D eigenvalue weighted by molar-refractivity contribution is 5.25. The molecule has 0 radical (unpaired) electrons. The van der Waals surface area contributed by atoms with Crippen LogP contribution in [0.15, 0.2) is 12.4 Å². The van der Waals surface area contributed by atoms with Gasteiger partial charge >= 0.3 is 0 Å². The molecule has 0 aromatic carbocycles. The quantitative estimate of drug-likeness (QED) is 0.677. The van der Waals surface area contributed by atoms with Gasteiger partial charge in [-0.2, -0.15) is 0 Å². The van der Waals surface area contributed by atoms with Crippen LogP contribution in [-0.2, 0) is 11.3 Å². The molecule has 0 saturated heterocycles. The minimum Gasteiger partial charge on any atom is -0.380 e. The van der Waals surface area contributed by atoms with Gasteiger partial charge in [0.25, 0.3) is 0 Å². The van der Waals surface area contributed by atoms with E-state index in [9.17, 15) is 0 Å². The Hall–Kier alpha value is -1.03. The minimum absolute atomic E-state index is 0.741. The molecule has 0 spiro atoms. The fraction of sp³-hybridized carbons (Fsp3) is 0.667. The number of aromatic nitrogens is 2. The highest BCUT2D eigenvalue weighted by Crippen LogP contribution is 2.02. The molecule has 0 unspecified atom stereocenters. The molecule has 1 rings (SSSR count). The second-order valence-electron chi connectivity index (χ2n) is 2.67. The third-order valence-corrected chi connectivity index (χ3v) is 1.73. The maximum absolute atomic E-state index is 5.26. The zero-order chi connectivity index (χ0) is 9.52. The first kappa shape index (κ1) is 10.1. The summed E-state index contributed by atoms with van der Waals surface area (Å²) in [6.45, 7) is 7.32. The molecule has 0 fully saturated rings. The number of nitrogens with zero attached hydrogens (tertiary/aromatic N) is 2. The highest BCUT2D eigenvalue weighted by atomic mass is 16.5. The molecule has 1 heterocycles. The van der Waals surface area contributed by atoms with Gasteiger partial charge in [-0.05, 0) is 13.8 Å². The van der Waals surface area contributed by atoms with E-state index in [0.717, 1.165) is 32.3 Å². The lowest BCUT2D eigenvalue weighted by Crippen LogP contribution is -2.10. The molecule has 0 aliphatic rings. The largest absolute Gasteiger partial charge is 0.380 e. The summed E-state index contributed by atoms with van der Waals surface area (Å²) in [5, 5.41) is 3.18. The van der Waals surface area contributed by atoms with Gasteiger partial charge in [-0.3, -0.25) is 0 Å². The molecule has 4 nitrogen and oxygen atoms in total. The monoisotopic (exact) mass is 183 g/mol. The minimum atomic E-state index is 0.741. The Morgan fingerprint density at radius 2 is 2.38 bits per heavy atom. The lowest BCUT2D eigenvalue weighted by Gasteiger charge is -2.07. The van der Waals surface area contributed by atoms with Crippen molar-refractivity contribution in [3.63, 3.8) is 0 Å². The van der Waals surface area contributed by atoms with Crippen molar-refractivity contribution in [2.24, 2.45) is 0 Å². The summed E-state index contributed by atoms with van der Waals surface area (Å²) in [5.41, 5.74) is 0. The van der Waals surface area contributed by atoms with Gasteiger partial charge in [0, 0.05) is 32.1 Å². The normalized spacial score (nSPS) is 10.3. The van der Waals surface area contributed by atoms with Crippen molar-refractivity contribution in [2.75, 3.05) is 25.1 Å². The lowest BCUT2D eigenvalue weighted by atomic mass is 10.6. The predicted molar refractivity (Wildman–Crippen MR) is 52.9 cm³/mol. The van der Waals surface area contributed by atoms with Gasteiger partial charge in [0.2, 0.25) is 5.95 Å². The Balaban J connectivity index is 2.40. The Labute approximate surface area is 78.9 Å². The number of imidazole rings is 1. The fourth-order valence-corrected chi connectivity index (χ4v) is 1.12.